The summed E-state index contributed by atoms with van der Waals surface area (Å²) < 4.78 is 32.9. The van der Waals surface area contributed by atoms with E-state index in [1.807, 2.05) is 24.3 Å². The van der Waals surface area contributed by atoms with E-state index in [9.17, 15) is 13.2 Å². The van der Waals surface area contributed by atoms with Crippen LogP contribution in [0.4, 0.5) is 0 Å². The Kier molecular flexibility index (Phi) is 7.23. The number of rotatable bonds is 7. The zero-order valence-corrected chi connectivity index (χ0v) is 17.6. The lowest BCUT2D eigenvalue weighted by Crippen LogP contribution is -2.31. The van der Waals surface area contributed by atoms with E-state index in [-0.39, 0.29) is 22.1 Å². The molecule has 0 bridgehead atoms. The molecule has 0 spiro atoms. The number of carbonyl (C=O) groups is 1. The summed E-state index contributed by atoms with van der Waals surface area (Å²) in [4.78, 5) is 12.2. The van der Waals surface area contributed by atoms with Crippen molar-refractivity contribution < 1.29 is 17.9 Å². The minimum absolute atomic E-state index is 0.0707. The SMILES string of the molecule is CCN(CC)S(=O)(=O)c1cc(C(=O)OCc2ccc(Br)cc2)ccc1Cl. The summed E-state index contributed by atoms with van der Waals surface area (Å²) >= 11 is 9.41. The maximum atomic E-state index is 12.7. The molecule has 0 fully saturated rings. The number of hydrogen-bond donors (Lipinski definition) is 0. The van der Waals surface area contributed by atoms with Crippen molar-refractivity contribution in [3.05, 3.63) is 63.1 Å². The van der Waals surface area contributed by atoms with Gasteiger partial charge in [0.05, 0.1) is 10.6 Å². The Balaban J connectivity index is 2.22. The van der Waals surface area contributed by atoms with E-state index in [0.717, 1.165) is 10.0 Å². The molecule has 0 radical (unpaired) electrons. The molecule has 2 aromatic carbocycles. The molecule has 0 unspecified atom stereocenters. The van der Waals surface area contributed by atoms with Crippen LogP contribution in [0.15, 0.2) is 51.8 Å². The Morgan fingerprint density at radius 3 is 2.31 bits per heavy atom. The first-order chi connectivity index (χ1) is 12.3. The van der Waals surface area contributed by atoms with Gasteiger partial charge in [0.1, 0.15) is 11.5 Å². The van der Waals surface area contributed by atoms with Gasteiger partial charge in [0, 0.05) is 17.6 Å². The summed E-state index contributed by atoms with van der Waals surface area (Å²) in [6.45, 7) is 4.20. The number of carbonyl (C=O) groups excluding carboxylic acids is 1. The average Bonchev–Trinajstić information content (AvgIpc) is 2.62. The first kappa shape index (κ1) is 20.9. The van der Waals surface area contributed by atoms with Crippen LogP contribution in [-0.2, 0) is 21.4 Å². The molecule has 0 heterocycles. The van der Waals surface area contributed by atoms with Gasteiger partial charge in [0.25, 0.3) is 0 Å². The van der Waals surface area contributed by atoms with Gasteiger partial charge in [0.2, 0.25) is 10.0 Å². The van der Waals surface area contributed by atoms with Gasteiger partial charge in [-0.2, -0.15) is 4.31 Å². The molecule has 0 amide bonds. The van der Waals surface area contributed by atoms with Gasteiger partial charge in [-0.05, 0) is 35.9 Å². The highest BCUT2D eigenvalue weighted by atomic mass is 79.9. The lowest BCUT2D eigenvalue weighted by molar-refractivity contribution is 0.0472. The third kappa shape index (κ3) is 4.85. The van der Waals surface area contributed by atoms with Crippen molar-refractivity contribution in [1.29, 1.82) is 0 Å². The van der Waals surface area contributed by atoms with Crippen molar-refractivity contribution in [2.75, 3.05) is 13.1 Å². The molecular weight excluding hydrogens is 442 g/mol. The Hall–Kier alpha value is -1.41. The van der Waals surface area contributed by atoms with E-state index >= 15 is 0 Å². The summed E-state index contributed by atoms with van der Waals surface area (Å²) in [5.41, 5.74) is 0.962. The molecule has 26 heavy (non-hydrogen) atoms. The van der Waals surface area contributed by atoms with Crippen molar-refractivity contribution >= 4 is 43.5 Å². The number of ether oxygens (including phenoxy) is 1. The van der Waals surface area contributed by atoms with Crippen LogP contribution in [0.3, 0.4) is 0 Å². The van der Waals surface area contributed by atoms with Gasteiger partial charge < -0.3 is 4.74 Å². The predicted octanol–water partition coefficient (Wildman–Crippen LogP) is 4.49. The van der Waals surface area contributed by atoms with Crippen LogP contribution in [0, 0.1) is 0 Å². The van der Waals surface area contributed by atoms with E-state index in [4.69, 9.17) is 16.3 Å². The minimum Gasteiger partial charge on any atom is -0.457 e. The second-order valence-corrected chi connectivity index (χ2v) is 8.67. The summed E-state index contributed by atoms with van der Waals surface area (Å²) in [6.07, 6.45) is 0. The van der Waals surface area contributed by atoms with Crippen LogP contribution in [-0.4, -0.2) is 31.8 Å². The number of nitrogens with zero attached hydrogens (tertiary/aromatic N) is 1. The zero-order valence-electron chi connectivity index (χ0n) is 14.4. The smallest absolute Gasteiger partial charge is 0.338 e. The molecule has 0 aromatic heterocycles. The van der Waals surface area contributed by atoms with E-state index in [2.05, 4.69) is 15.9 Å². The van der Waals surface area contributed by atoms with Crippen molar-refractivity contribution in [2.45, 2.75) is 25.3 Å². The Bertz CT molecular complexity index is 881. The maximum absolute atomic E-state index is 12.7. The van der Waals surface area contributed by atoms with E-state index in [1.165, 1.54) is 22.5 Å². The topological polar surface area (TPSA) is 63.7 Å². The lowest BCUT2D eigenvalue weighted by atomic mass is 10.2. The molecule has 0 saturated carbocycles. The Morgan fingerprint density at radius 2 is 1.73 bits per heavy atom. The van der Waals surface area contributed by atoms with Crippen LogP contribution >= 0.6 is 27.5 Å². The van der Waals surface area contributed by atoms with Crippen molar-refractivity contribution in [3.63, 3.8) is 0 Å². The van der Waals surface area contributed by atoms with E-state index < -0.39 is 16.0 Å². The fraction of sp³-hybridized carbons (Fsp3) is 0.278. The van der Waals surface area contributed by atoms with Crippen LogP contribution in [0.5, 0.6) is 0 Å². The molecule has 8 heteroatoms. The van der Waals surface area contributed by atoms with Crippen molar-refractivity contribution in [1.82, 2.24) is 4.31 Å². The lowest BCUT2D eigenvalue weighted by Gasteiger charge is -2.19. The Labute approximate surface area is 167 Å². The number of halogens is 2. The number of sulfonamides is 1. The molecule has 0 aliphatic carbocycles. The van der Waals surface area contributed by atoms with Crippen molar-refractivity contribution in [2.24, 2.45) is 0 Å². The molecule has 2 rings (SSSR count). The van der Waals surface area contributed by atoms with Crippen LogP contribution < -0.4 is 0 Å². The second kappa shape index (κ2) is 8.99. The van der Waals surface area contributed by atoms with Gasteiger partial charge in [-0.1, -0.05) is 53.5 Å². The monoisotopic (exact) mass is 459 g/mol. The number of benzene rings is 2. The molecule has 0 saturated heterocycles. The third-order valence-electron chi connectivity index (χ3n) is 3.77. The summed E-state index contributed by atoms with van der Waals surface area (Å²) in [5, 5.41) is 0.0707. The average molecular weight is 461 g/mol. The standard InChI is InChI=1S/C18H19BrClNO4S/c1-3-21(4-2)26(23,24)17-11-14(7-10-16(17)20)18(22)25-12-13-5-8-15(19)9-6-13/h5-11H,3-4,12H2,1-2H3. The van der Waals surface area contributed by atoms with Crippen LogP contribution in [0.1, 0.15) is 29.8 Å². The molecular formula is C18H19BrClNO4S. The van der Waals surface area contributed by atoms with Gasteiger partial charge in [-0.25, -0.2) is 13.2 Å². The van der Waals surface area contributed by atoms with Gasteiger partial charge >= 0.3 is 5.97 Å². The molecule has 0 aliphatic rings. The largest absolute Gasteiger partial charge is 0.457 e. The van der Waals surface area contributed by atoms with Gasteiger partial charge in [0.15, 0.2) is 0 Å². The molecule has 0 aliphatic heterocycles. The summed E-state index contributed by atoms with van der Waals surface area (Å²) in [5.74, 6) is -0.611. The number of hydrogen-bond acceptors (Lipinski definition) is 4. The molecule has 5 nitrogen and oxygen atoms in total. The van der Waals surface area contributed by atoms with E-state index in [1.54, 1.807) is 13.8 Å². The van der Waals surface area contributed by atoms with Gasteiger partial charge in [-0.3, -0.25) is 0 Å². The molecule has 140 valence electrons. The highest BCUT2D eigenvalue weighted by molar-refractivity contribution is 9.10. The maximum Gasteiger partial charge on any atom is 0.338 e. The fourth-order valence-electron chi connectivity index (χ4n) is 2.34. The summed E-state index contributed by atoms with van der Waals surface area (Å²) in [7, 11) is -3.77. The minimum atomic E-state index is -3.77. The van der Waals surface area contributed by atoms with Crippen molar-refractivity contribution in [3.8, 4) is 0 Å². The first-order valence-corrected chi connectivity index (χ1v) is 10.6. The second-order valence-electron chi connectivity index (χ2n) is 5.44. The first-order valence-electron chi connectivity index (χ1n) is 8.00. The van der Waals surface area contributed by atoms with E-state index in [0.29, 0.717) is 13.1 Å². The molecule has 0 N–H and O–H groups in total. The molecule has 0 atom stereocenters. The quantitative estimate of drug-likeness (QED) is 0.571. The van der Waals surface area contributed by atoms with Crippen LogP contribution in [0.2, 0.25) is 5.02 Å². The number of esters is 1. The van der Waals surface area contributed by atoms with Crippen LogP contribution in [0.25, 0.3) is 0 Å². The highest BCUT2D eigenvalue weighted by Crippen LogP contribution is 2.26. The fourth-order valence-corrected chi connectivity index (χ4v) is 4.57. The van der Waals surface area contributed by atoms with Gasteiger partial charge in [-0.15, -0.1) is 0 Å². The predicted molar refractivity (Wildman–Crippen MR) is 105 cm³/mol. The molecule has 2 aromatic rings. The zero-order chi connectivity index (χ0) is 19.3. The third-order valence-corrected chi connectivity index (χ3v) is 6.83. The highest BCUT2D eigenvalue weighted by Gasteiger charge is 2.25. The normalized spacial score (nSPS) is 11.6. The Morgan fingerprint density at radius 1 is 1.12 bits per heavy atom. The summed E-state index contributed by atoms with van der Waals surface area (Å²) in [6, 6.07) is 11.5.